The van der Waals surface area contributed by atoms with Gasteiger partial charge < -0.3 is 4.57 Å². The quantitative estimate of drug-likeness (QED) is 0.719. The highest BCUT2D eigenvalue weighted by atomic mass is 19.1. The summed E-state index contributed by atoms with van der Waals surface area (Å²) in [4.78, 5) is 19.9. The van der Waals surface area contributed by atoms with Gasteiger partial charge in [0.1, 0.15) is 11.3 Å². The van der Waals surface area contributed by atoms with E-state index in [4.69, 9.17) is 6.57 Å². The molecule has 0 unspecified atom stereocenters. The number of imidazole rings is 1. The molecule has 2 aliphatic carbocycles. The van der Waals surface area contributed by atoms with Crippen LogP contribution in [0.4, 0.5) is 20.4 Å². The van der Waals surface area contributed by atoms with Gasteiger partial charge in [-0.15, -0.1) is 0 Å². The third-order valence-electron chi connectivity index (χ3n) is 5.94. The lowest BCUT2D eigenvalue weighted by Crippen LogP contribution is -2.26. The number of fused-ring (bicyclic) bond motifs is 1. The molecule has 0 bridgehead atoms. The van der Waals surface area contributed by atoms with E-state index in [2.05, 4.69) is 29.0 Å². The number of benzene rings is 1. The minimum atomic E-state index is -0.778. The molecule has 1 aromatic heterocycles. The summed E-state index contributed by atoms with van der Waals surface area (Å²) in [7, 11) is 0. The SMILES string of the molecule is [C-]#[N+]c1cc(F)c2nc(NC(=O)CC(C)(C)C3CC3)n(C3CCC3)c2c1F. The molecule has 27 heavy (non-hydrogen) atoms. The summed E-state index contributed by atoms with van der Waals surface area (Å²) in [5.41, 5.74) is -0.634. The topological polar surface area (TPSA) is 51.3 Å². The fourth-order valence-corrected chi connectivity index (χ4v) is 3.94. The zero-order valence-corrected chi connectivity index (χ0v) is 15.5. The molecule has 142 valence electrons. The van der Waals surface area contributed by atoms with Crippen molar-refractivity contribution in [2.45, 2.75) is 58.4 Å². The van der Waals surface area contributed by atoms with E-state index in [1.54, 1.807) is 4.57 Å². The van der Waals surface area contributed by atoms with Crippen molar-refractivity contribution in [2.75, 3.05) is 5.32 Å². The highest BCUT2D eigenvalue weighted by Crippen LogP contribution is 2.47. The zero-order chi connectivity index (χ0) is 19.3. The van der Waals surface area contributed by atoms with E-state index in [0.717, 1.165) is 38.2 Å². The second-order valence-electron chi connectivity index (χ2n) is 8.38. The van der Waals surface area contributed by atoms with Crippen molar-refractivity contribution in [2.24, 2.45) is 11.3 Å². The van der Waals surface area contributed by atoms with Gasteiger partial charge in [-0.25, -0.2) is 18.6 Å². The molecular formula is C20H22F2N4O. The number of rotatable bonds is 5. The van der Waals surface area contributed by atoms with Crippen LogP contribution in [0.25, 0.3) is 15.9 Å². The van der Waals surface area contributed by atoms with E-state index in [0.29, 0.717) is 12.3 Å². The van der Waals surface area contributed by atoms with E-state index in [9.17, 15) is 13.6 Å². The largest absolute Gasteiger partial charge is 0.305 e. The number of amides is 1. The molecule has 7 heteroatoms. The Balaban J connectivity index is 1.74. The molecular weight excluding hydrogens is 350 g/mol. The molecule has 0 spiro atoms. The van der Waals surface area contributed by atoms with E-state index >= 15 is 0 Å². The van der Waals surface area contributed by atoms with Gasteiger partial charge >= 0.3 is 0 Å². The van der Waals surface area contributed by atoms with E-state index in [1.807, 2.05) is 0 Å². The summed E-state index contributed by atoms with van der Waals surface area (Å²) in [6.45, 7) is 11.2. The fourth-order valence-electron chi connectivity index (χ4n) is 3.94. The van der Waals surface area contributed by atoms with Crippen LogP contribution in [0.3, 0.4) is 0 Å². The van der Waals surface area contributed by atoms with Crippen LogP contribution >= 0.6 is 0 Å². The van der Waals surface area contributed by atoms with Crippen molar-refractivity contribution >= 4 is 28.6 Å². The Kier molecular flexibility index (Phi) is 4.17. The first kappa shape index (κ1) is 17.9. The Labute approximate surface area is 156 Å². The summed E-state index contributed by atoms with van der Waals surface area (Å²) in [5.74, 6) is -1.01. The first-order valence-electron chi connectivity index (χ1n) is 9.39. The molecule has 0 aliphatic heterocycles. The molecule has 1 aromatic carbocycles. The lowest BCUT2D eigenvalue weighted by Gasteiger charge is -2.29. The molecule has 2 fully saturated rings. The van der Waals surface area contributed by atoms with Gasteiger partial charge in [-0.05, 0) is 49.5 Å². The van der Waals surface area contributed by atoms with Gasteiger partial charge in [0.05, 0.1) is 12.1 Å². The highest BCUT2D eigenvalue weighted by molar-refractivity contribution is 5.93. The van der Waals surface area contributed by atoms with Crippen LogP contribution in [0, 0.1) is 29.5 Å². The van der Waals surface area contributed by atoms with Crippen LogP contribution in [0.5, 0.6) is 0 Å². The number of nitrogens with zero attached hydrogens (tertiary/aromatic N) is 3. The van der Waals surface area contributed by atoms with Gasteiger partial charge in [0.2, 0.25) is 17.5 Å². The number of anilines is 1. The first-order chi connectivity index (χ1) is 12.8. The van der Waals surface area contributed by atoms with Crippen LogP contribution in [-0.4, -0.2) is 15.5 Å². The summed E-state index contributed by atoms with van der Waals surface area (Å²) in [6.07, 6.45) is 5.21. The first-order valence-corrected chi connectivity index (χ1v) is 9.39. The normalized spacial score (nSPS) is 17.6. The molecule has 0 saturated heterocycles. The summed E-state index contributed by atoms with van der Waals surface area (Å²) in [5, 5.41) is 2.78. The van der Waals surface area contributed by atoms with Gasteiger partial charge in [0.25, 0.3) is 0 Å². The van der Waals surface area contributed by atoms with Crippen LogP contribution in [0.2, 0.25) is 0 Å². The number of nitrogens with one attached hydrogen (secondary N) is 1. The lowest BCUT2D eigenvalue weighted by atomic mass is 9.83. The Morgan fingerprint density at radius 2 is 2.07 bits per heavy atom. The Morgan fingerprint density at radius 1 is 1.37 bits per heavy atom. The van der Waals surface area contributed by atoms with Crippen molar-refractivity contribution in [3.05, 3.63) is 29.1 Å². The third kappa shape index (κ3) is 3.07. The summed E-state index contributed by atoms with van der Waals surface area (Å²) >= 11 is 0. The standard InChI is InChI=1S/C20H22F2N4O/c1-20(2,11-7-8-11)10-15(27)24-19-25-17-13(21)9-14(23-3)16(22)18(17)26(19)12-5-4-6-12/h9,11-12H,4-8,10H2,1-2H3,(H,24,25,27). The summed E-state index contributed by atoms with van der Waals surface area (Å²) in [6, 6.07) is 0.821. The molecule has 5 nitrogen and oxygen atoms in total. The van der Waals surface area contributed by atoms with Gasteiger partial charge in [-0.3, -0.25) is 10.1 Å². The van der Waals surface area contributed by atoms with Crippen LogP contribution in [-0.2, 0) is 4.79 Å². The van der Waals surface area contributed by atoms with Crippen LogP contribution in [0.15, 0.2) is 6.07 Å². The molecule has 2 saturated carbocycles. The second kappa shape index (κ2) is 6.29. The fraction of sp³-hybridized carbons (Fsp3) is 0.550. The number of carbonyl (C=O) groups excluding carboxylic acids is 1. The van der Waals surface area contributed by atoms with Gasteiger partial charge in [-0.2, -0.15) is 0 Å². The van der Waals surface area contributed by atoms with Gasteiger partial charge in [0, 0.05) is 12.5 Å². The Morgan fingerprint density at radius 3 is 2.63 bits per heavy atom. The number of halogens is 2. The Bertz CT molecular complexity index is 965. The minimum absolute atomic E-state index is 0.0255. The van der Waals surface area contributed by atoms with E-state index in [-0.39, 0.29) is 40.0 Å². The second-order valence-corrected chi connectivity index (χ2v) is 8.38. The molecule has 2 aromatic rings. The van der Waals surface area contributed by atoms with Crippen LogP contribution < -0.4 is 5.32 Å². The predicted molar refractivity (Wildman–Crippen MR) is 98.6 cm³/mol. The highest BCUT2D eigenvalue weighted by Gasteiger charge is 2.39. The monoisotopic (exact) mass is 372 g/mol. The zero-order valence-electron chi connectivity index (χ0n) is 15.5. The maximum absolute atomic E-state index is 14.8. The number of hydrogen-bond acceptors (Lipinski definition) is 2. The molecule has 1 heterocycles. The average Bonchev–Trinajstić information content (AvgIpc) is 3.34. The maximum Gasteiger partial charge on any atom is 0.227 e. The molecule has 2 aliphatic rings. The third-order valence-corrected chi connectivity index (χ3v) is 5.94. The minimum Gasteiger partial charge on any atom is -0.305 e. The molecule has 0 atom stereocenters. The lowest BCUT2D eigenvalue weighted by molar-refractivity contribution is -0.118. The van der Waals surface area contributed by atoms with Gasteiger partial charge in [0.15, 0.2) is 5.82 Å². The van der Waals surface area contributed by atoms with Crippen molar-refractivity contribution in [1.82, 2.24) is 9.55 Å². The summed E-state index contributed by atoms with van der Waals surface area (Å²) < 4.78 is 30.8. The maximum atomic E-state index is 14.8. The predicted octanol–water partition coefficient (Wildman–Crippen LogP) is 5.36. The van der Waals surface area contributed by atoms with Crippen molar-refractivity contribution in [3.63, 3.8) is 0 Å². The van der Waals surface area contributed by atoms with Gasteiger partial charge in [-0.1, -0.05) is 13.8 Å². The average molecular weight is 372 g/mol. The molecule has 1 amide bonds. The number of hydrogen-bond donors (Lipinski definition) is 1. The molecule has 0 radical (unpaired) electrons. The smallest absolute Gasteiger partial charge is 0.227 e. The van der Waals surface area contributed by atoms with E-state index < -0.39 is 11.6 Å². The molecule has 1 N–H and O–H groups in total. The Hall–Kier alpha value is -2.49. The van der Waals surface area contributed by atoms with Crippen molar-refractivity contribution < 1.29 is 13.6 Å². The van der Waals surface area contributed by atoms with Crippen molar-refractivity contribution in [1.29, 1.82) is 0 Å². The van der Waals surface area contributed by atoms with E-state index in [1.165, 1.54) is 0 Å². The number of carbonyl (C=O) groups is 1. The van der Waals surface area contributed by atoms with Crippen molar-refractivity contribution in [3.8, 4) is 0 Å². The van der Waals surface area contributed by atoms with Crippen LogP contribution in [0.1, 0.15) is 58.4 Å². The molecule has 4 rings (SSSR count). The number of aromatic nitrogens is 2.